The Morgan fingerprint density at radius 3 is 2.56 bits per heavy atom. The van der Waals surface area contributed by atoms with Crippen molar-refractivity contribution in [2.75, 3.05) is 23.3 Å². The third-order valence-corrected chi connectivity index (χ3v) is 5.48. The van der Waals surface area contributed by atoms with Crippen molar-refractivity contribution in [1.82, 2.24) is 9.97 Å². The van der Waals surface area contributed by atoms with Crippen LogP contribution < -0.4 is 10.2 Å². The average Bonchev–Trinajstić information content (AvgIpc) is 2.79. The first kappa shape index (κ1) is 23.5. The van der Waals surface area contributed by atoms with E-state index in [1.165, 1.54) is 23.9 Å². The van der Waals surface area contributed by atoms with Gasteiger partial charge in [-0.3, -0.25) is 4.79 Å². The van der Waals surface area contributed by atoms with Gasteiger partial charge in [-0.1, -0.05) is 59.8 Å². The standard InChI is InChI=1S/C24H22ClFN4OS/c1-3-12-30(13-4-2)22-15-21(25)28-24(29-22)32-16-17-8-7-9-18(14-17)23(31)27-20-11-6-5-10-19(20)26/h3-11,14-15H,1-2,12-13,16H2,(H,27,31). The number of aromatic nitrogens is 2. The number of nitrogens with zero attached hydrogens (tertiary/aromatic N) is 3. The maximum atomic E-state index is 13.8. The SMILES string of the molecule is C=CCN(CC=C)c1cc(Cl)nc(SCc2cccc(C(=O)Nc3ccccc3F)c2)n1. The Hall–Kier alpha value is -3.16. The van der Waals surface area contributed by atoms with E-state index in [9.17, 15) is 9.18 Å². The monoisotopic (exact) mass is 468 g/mol. The maximum absolute atomic E-state index is 13.8. The van der Waals surface area contributed by atoms with Gasteiger partial charge in [0.2, 0.25) is 0 Å². The molecule has 5 nitrogen and oxygen atoms in total. The second-order valence-electron chi connectivity index (χ2n) is 6.74. The van der Waals surface area contributed by atoms with Gasteiger partial charge in [0.15, 0.2) is 5.16 Å². The van der Waals surface area contributed by atoms with Crippen molar-refractivity contribution >= 4 is 40.8 Å². The van der Waals surface area contributed by atoms with Gasteiger partial charge < -0.3 is 10.2 Å². The van der Waals surface area contributed by atoms with Crippen LogP contribution in [0.4, 0.5) is 15.9 Å². The lowest BCUT2D eigenvalue weighted by atomic mass is 10.1. The molecule has 0 aliphatic heterocycles. The van der Waals surface area contributed by atoms with Gasteiger partial charge in [0.1, 0.15) is 16.8 Å². The predicted octanol–water partition coefficient (Wildman–Crippen LogP) is 5.99. The molecule has 2 aromatic carbocycles. The van der Waals surface area contributed by atoms with Crippen LogP contribution in [0.1, 0.15) is 15.9 Å². The normalized spacial score (nSPS) is 10.4. The molecular weight excluding hydrogens is 447 g/mol. The van der Waals surface area contributed by atoms with Gasteiger partial charge in [0.05, 0.1) is 5.69 Å². The third-order valence-electron chi connectivity index (χ3n) is 4.36. The van der Waals surface area contributed by atoms with Gasteiger partial charge in [-0.2, -0.15) is 0 Å². The van der Waals surface area contributed by atoms with Crippen LogP contribution in [0.3, 0.4) is 0 Å². The van der Waals surface area contributed by atoms with E-state index in [-0.39, 0.29) is 11.6 Å². The van der Waals surface area contributed by atoms with Gasteiger partial charge in [0.25, 0.3) is 5.91 Å². The van der Waals surface area contributed by atoms with Crippen LogP contribution in [0.25, 0.3) is 0 Å². The molecule has 164 valence electrons. The summed E-state index contributed by atoms with van der Waals surface area (Å²) in [4.78, 5) is 23.4. The fourth-order valence-electron chi connectivity index (χ4n) is 2.89. The molecule has 32 heavy (non-hydrogen) atoms. The van der Waals surface area contributed by atoms with E-state index in [1.807, 2.05) is 11.0 Å². The van der Waals surface area contributed by atoms with Gasteiger partial charge >= 0.3 is 0 Å². The number of halogens is 2. The number of thioether (sulfide) groups is 1. The number of para-hydroxylation sites is 1. The van der Waals surface area contributed by atoms with Crippen molar-refractivity contribution in [2.45, 2.75) is 10.9 Å². The first-order chi connectivity index (χ1) is 15.5. The first-order valence-electron chi connectivity index (χ1n) is 9.79. The maximum Gasteiger partial charge on any atom is 0.255 e. The summed E-state index contributed by atoms with van der Waals surface area (Å²) < 4.78 is 13.8. The molecule has 8 heteroatoms. The minimum Gasteiger partial charge on any atom is -0.349 e. The second kappa shape index (κ2) is 11.5. The van der Waals surface area contributed by atoms with E-state index < -0.39 is 5.82 Å². The Morgan fingerprint density at radius 1 is 1.09 bits per heavy atom. The third kappa shape index (κ3) is 6.42. The summed E-state index contributed by atoms with van der Waals surface area (Å²) in [6.45, 7) is 8.74. The van der Waals surface area contributed by atoms with Gasteiger partial charge in [-0.25, -0.2) is 14.4 Å². The topological polar surface area (TPSA) is 58.1 Å². The largest absolute Gasteiger partial charge is 0.349 e. The molecule has 0 spiro atoms. The summed E-state index contributed by atoms with van der Waals surface area (Å²) in [7, 11) is 0. The average molecular weight is 469 g/mol. The van der Waals surface area contributed by atoms with Crippen molar-refractivity contribution in [3.05, 3.63) is 102 Å². The molecule has 1 heterocycles. The number of anilines is 2. The van der Waals surface area contributed by atoms with Crippen LogP contribution in [0, 0.1) is 5.82 Å². The van der Waals surface area contributed by atoms with Crippen LogP contribution in [0.15, 0.2) is 85.1 Å². The highest BCUT2D eigenvalue weighted by Crippen LogP contribution is 2.25. The molecule has 0 unspecified atom stereocenters. The van der Waals surface area contributed by atoms with E-state index in [0.717, 1.165) is 5.56 Å². The van der Waals surface area contributed by atoms with Crippen molar-refractivity contribution in [3.63, 3.8) is 0 Å². The summed E-state index contributed by atoms with van der Waals surface area (Å²) >= 11 is 7.61. The molecule has 1 N–H and O–H groups in total. The lowest BCUT2D eigenvalue weighted by Crippen LogP contribution is -2.24. The van der Waals surface area contributed by atoms with Crippen molar-refractivity contribution in [3.8, 4) is 0 Å². The molecule has 0 saturated carbocycles. The molecule has 1 amide bonds. The number of carbonyl (C=O) groups excluding carboxylic acids is 1. The van der Waals surface area contributed by atoms with Crippen LogP contribution in [0.2, 0.25) is 5.15 Å². The molecular formula is C24H22ClFN4OS. The Kier molecular flexibility index (Phi) is 8.41. The Labute approximate surface area is 196 Å². The number of benzene rings is 2. The van der Waals surface area contributed by atoms with E-state index in [2.05, 4.69) is 28.4 Å². The zero-order valence-corrected chi connectivity index (χ0v) is 18.9. The van der Waals surface area contributed by atoms with Gasteiger partial charge in [-0.05, 0) is 29.8 Å². The summed E-state index contributed by atoms with van der Waals surface area (Å²) in [5.41, 5.74) is 1.47. The zero-order valence-electron chi connectivity index (χ0n) is 17.3. The molecule has 0 bridgehead atoms. The fraction of sp³-hybridized carbons (Fsp3) is 0.125. The number of hydrogen-bond acceptors (Lipinski definition) is 5. The van der Waals surface area contributed by atoms with E-state index in [4.69, 9.17) is 11.6 Å². The summed E-state index contributed by atoms with van der Waals surface area (Å²) in [6.07, 6.45) is 3.56. The molecule has 3 rings (SSSR count). The van der Waals surface area contributed by atoms with Crippen molar-refractivity contribution < 1.29 is 9.18 Å². The quantitative estimate of drug-likeness (QED) is 0.171. The van der Waals surface area contributed by atoms with E-state index in [0.29, 0.717) is 40.5 Å². The molecule has 0 fully saturated rings. The summed E-state index contributed by atoms with van der Waals surface area (Å²) in [6, 6.07) is 14.9. The molecule has 0 atom stereocenters. The number of amides is 1. The van der Waals surface area contributed by atoms with E-state index in [1.54, 1.807) is 48.6 Å². The van der Waals surface area contributed by atoms with Crippen molar-refractivity contribution in [1.29, 1.82) is 0 Å². The minimum atomic E-state index is -0.483. The van der Waals surface area contributed by atoms with Crippen LogP contribution >= 0.6 is 23.4 Å². The minimum absolute atomic E-state index is 0.140. The highest BCUT2D eigenvalue weighted by atomic mass is 35.5. The Morgan fingerprint density at radius 2 is 1.84 bits per heavy atom. The molecule has 1 aromatic heterocycles. The molecule has 0 aliphatic carbocycles. The number of rotatable bonds is 10. The van der Waals surface area contributed by atoms with Crippen LogP contribution in [0.5, 0.6) is 0 Å². The molecule has 0 radical (unpaired) electrons. The highest BCUT2D eigenvalue weighted by Gasteiger charge is 2.12. The Balaban J connectivity index is 1.71. The van der Waals surface area contributed by atoms with Gasteiger partial charge in [-0.15, -0.1) is 13.2 Å². The predicted molar refractivity (Wildman–Crippen MR) is 130 cm³/mol. The molecule has 0 aliphatic rings. The number of carbonyl (C=O) groups is 1. The summed E-state index contributed by atoms with van der Waals surface area (Å²) in [5, 5.41) is 3.46. The fourth-order valence-corrected chi connectivity index (χ4v) is 3.92. The lowest BCUT2D eigenvalue weighted by Gasteiger charge is -2.20. The zero-order chi connectivity index (χ0) is 22.9. The van der Waals surface area contributed by atoms with Gasteiger partial charge in [0, 0.05) is 30.5 Å². The highest BCUT2D eigenvalue weighted by molar-refractivity contribution is 7.98. The van der Waals surface area contributed by atoms with Crippen molar-refractivity contribution in [2.24, 2.45) is 0 Å². The molecule has 3 aromatic rings. The lowest BCUT2D eigenvalue weighted by molar-refractivity contribution is 0.102. The molecule has 0 saturated heterocycles. The number of nitrogens with one attached hydrogen (secondary N) is 1. The summed E-state index contributed by atoms with van der Waals surface area (Å²) in [5.74, 6) is 0.352. The van der Waals surface area contributed by atoms with E-state index >= 15 is 0 Å². The second-order valence-corrected chi connectivity index (χ2v) is 8.07. The first-order valence-corrected chi connectivity index (χ1v) is 11.2. The van der Waals surface area contributed by atoms with Crippen LogP contribution in [-0.2, 0) is 5.75 Å². The Bertz CT molecular complexity index is 1110. The van der Waals surface area contributed by atoms with Crippen LogP contribution in [-0.4, -0.2) is 29.0 Å². The number of hydrogen-bond donors (Lipinski definition) is 1. The smallest absolute Gasteiger partial charge is 0.255 e.